The van der Waals surface area contributed by atoms with Gasteiger partial charge in [0, 0.05) is 4.88 Å². The first-order valence-electron chi connectivity index (χ1n) is 9.11. The summed E-state index contributed by atoms with van der Waals surface area (Å²) in [5.74, 6) is -0.117. The summed E-state index contributed by atoms with van der Waals surface area (Å²) in [7, 11) is -3.95. The average Bonchev–Trinajstić information content (AvgIpc) is 3.29. The summed E-state index contributed by atoms with van der Waals surface area (Å²) < 4.78 is 32.7. The lowest BCUT2D eigenvalue weighted by molar-refractivity contribution is -0.116. The van der Waals surface area contributed by atoms with Gasteiger partial charge in [0.15, 0.2) is 0 Å². The molecular formula is C21H21N3O4S2. The number of benzene rings is 1. The molecule has 0 saturated heterocycles. The summed E-state index contributed by atoms with van der Waals surface area (Å²) in [6, 6.07) is 11.8. The van der Waals surface area contributed by atoms with E-state index in [0.29, 0.717) is 16.3 Å². The van der Waals surface area contributed by atoms with Crippen molar-refractivity contribution in [1.82, 2.24) is 4.31 Å². The van der Waals surface area contributed by atoms with E-state index in [1.54, 1.807) is 24.3 Å². The van der Waals surface area contributed by atoms with E-state index in [1.807, 2.05) is 20.8 Å². The van der Waals surface area contributed by atoms with Crippen LogP contribution in [0.1, 0.15) is 27.3 Å². The molecule has 156 valence electrons. The molecule has 0 aliphatic rings. The van der Waals surface area contributed by atoms with E-state index in [0.717, 1.165) is 20.3 Å². The van der Waals surface area contributed by atoms with Crippen LogP contribution in [0.25, 0.3) is 0 Å². The molecule has 0 spiro atoms. The van der Waals surface area contributed by atoms with E-state index in [1.165, 1.54) is 29.7 Å². The van der Waals surface area contributed by atoms with Crippen LogP contribution in [0.3, 0.4) is 0 Å². The Kier molecular flexibility index (Phi) is 6.41. The molecule has 0 saturated carbocycles. The van der Waals surface area contributed by atoms with Crippen molar-refractivity contribution in [1.29, 1.82) is 5.26 Å². The normalized spacial score (nSPS) is 11.4. The molecular weight excluding hydrogens is 422 g/mol. The van der Waals surface area contributed by atoms with Crippen LogP contribution in [-0.4, -0.2) is 25.2 Å². The Morgan fingerprint density at radius 1 is 1.20 bits per heavy atom. The number of nitrogens with zero attached hydrogens (tertiary/aromatic N) is 2. The molecule has 1 N–H and O–H groups in total. The molecule has 0 radical (unpaired) electrons. The van der Waals surface area contributed by atoms with Crippen molar-refractivity contribution in [3.8, 4) is 6.07 Å². The minimum atomic E-state index is -3.95. The van der Waals surface area contributed by atoms with Crippen LogP contribution in [0.4, 0.5) is 5.00 Å². The Balaban J connectivity index is 1.88. The fraction of sp³-hybridized carbons (Fsp3) is 0.238. The van der Waals surface area contributed by atoms with Crippen LogP contribution in [0, 0.1) is 32.1 Å². The molecule has 3 rings (SSSR count). The van der Waals surface area contributed by atoms with Gasteiger partial charge in [0.05, 0.1) is 29.8 Å². The molecule has 30 heavy (non-hydrogen) atoms. The summed E-state index contributed by atoms with van der Waals surface area (Å²) in [6.45, 7) is 5.02. The highest BCUT2D eigenvalue weighted by molar-refractivity contribution is 7.89. The van der Waals surface area contributed by atoms with Crippen LogP contribution < -0.4 is 5.32 Å². The second-order valence-corrected chi connectivity index (χ2v) is 9.98. The topological polar surface area (TPSA) is 103 Å². The Morgan fingerprint density at radius 3 is 2.50 bits per heavy atom. The smallest absolute Gasteiger partial charge is 0.243 e. The van der Waals surface area contributed by atoms with E-state index in [-0.39, 0.29) is 11.4 Å². The van der Waals surface area contributed by atoms with Gasteiger partial charge >= 0.3 is 0 Å². The molecule has 9 heteroatoms. The van der Waals surface area contributed by atoms with Gasteiger partial charge in [0.2, 0.25) is 15.9 Å². The largest absolute Gasteiger partial charge is 0.468 e. The predicted octanol–water partition coefficient (Wildman–Crippen LogP) is 3.97. The van der Waals surface area contributed by atoms with Crippen molar-refractivity contribution < 1.29 is 17.6 Å². The van der Waals surface area contributed by atoms with Gasteiger partial charge < -0.3 is 9.73 Å². The maximum Gasteiger partial charge on any atom is 0.243 e. The minimum absolute atomic E-state index is 0.0907. The molecule has 0 bridgehead atoms. The molecule has 0 fully saturated rings. The number of thiophene rings is 1. The van der Waals surface area contributed by atoms with Crippen molar-refractivity contribution in [2.75, 3.05) is 11.9 Å². The number of nitrogens with one attached hydrogen (secondary N) is 1. The second kappa shape index (κ2) is 8.83. The van der Waals surface area contributed by atoms with E-state index in [9.17, 15) is 18.5 Å². The third-order valence-corrected chi connectivity index (χ3v) is 7.57. The van der Waals surface area contributed by atoms with Gasteiger partial charge in [-0.1, -0.05) is 17.7 Å². The highest BCUT2D eigenvalue weighted by atomic mass is 32.2. The number of aryl methyl sites for hydroxylation is 2. The lowest BCUT2D eigenvalue weighted by atomic mass is 10.2. The molecule has 0 unspecified atom stereocenters. The molecule has 0 aliphatic heterocycles. The molecule has 2 heterocycles. The number of hydrogen-bond acceptors (Lipinski definition) is 6. The number of carbonyl (C=O) groups is 1. The van der Waals surface area contributed by atoms with Crippen LogP contribution in [0.5, 0.6) is 0 Å². The summed E-state index contributed by atoms with van der Waals surface area (Å²) in [4.78, 5) is 13.7. The zero-order valence-electron chi connectivity index (χ0n) is 16.8. The number of anilines is 1. The van der Waals surface area contributed by atoms with Crippen molar-refractivity contribution in [2.24, 2.45) is 0 Å². The Morgan fingerprint density at radius 2 is 1.90 bits per heavy atom. The molecule has 3 aromatic rings. The molecule has 0 atom stereocenters. The Bertz CT molecular complexity index is 1190. The first kappa shape index (κ1) is 21.8. The number of hydrogen-bond donors (Lipinski definition) is 1. The van der Waals surface area contributed by atoms with Crippen molar-refractivity contribution in [3.05, 3.63) is 70.0 Å². The minimum Gasteiger partial charge on any atom is -0.468 e. The van der Waals surface area contributed by atoms with Crippen LogP contribution in [0.15, 0.2) is 52.0 Å². The highest BCUT2D eigenvalue weighted by Gasteiger charge is 2.28. The number of sulfonamides is 1. The summed E-state index contributed by atoms with van der Waals surface area (Å²) in [5.41, 5.74) is 2.12. The molecule has 2 aromatic heterocycles. The fourth-order valence-electron chi connectivity index (χ4n) is 2.84. The summed E-state index contributed by atoms with van der Waals surface area (Å²) in [5, 5.41) is 12.5. The number of carbonyl (C=O) groups excluding carboxylic acids is 1. The van der Waals surface area contributed by atoms with Gasteiger partial charge in [0.1, 0.15) is 16.8 Å². The zero-order chi connectivity index (χ0) is 21.9. The molecule has 1 aromatic carbocycles. The standard InChI is InChI=1S/C21H21N3O4S2/c1-14-6-8-18(9-7-14)30(26,27)24(12-17-5-4-10-28-17)13-20(25)23-21-19(11-22)15(2)16(3)29-21/h4-10H,12-13H2,1-3H3,(H,23,25). The predicted molar refractivity (Wildman–Crippen MR) is 115 cm³/mol. The summed E-state index contributed by atoms with van der Waals surface area (Å²) in [6.07, 6.45) is 1.45. The van der Waals surface area contributed by atoms with Crippen molar-refractivity contribution in [2.45, 2.75) is 32.2 Å². The number of furan rings is 1. The van der Waals surface area contributed by atoms with Crippen LogP contribution in [0.2, 0.25) is 0 Å². The van der Waals surface area contributed by atoms with E-state index < -0.39 is 22.5 Å². The zero-order valence-corrected chi connectivity index (χ0v) is 18.4. The third kappa shape index (κ3) is 4.62. The lowest BCUT2D eigenvalue weighted by Crippen LogP contribution is -2.37. The first-order chi connectivity index (χ1) is 14.2. The fourth-order valence-corrected chi connectivity index (χ4v) is 5.23. The van der Waals surface area contributed by atoms with Gasteiger partial charge in [0.25, 0.3) is 0 Å². The molecule has 7 nitrogen and oxygen atoms in total. The number of rotatable bonds is 7. The summed E-state index contributed by atoms with van der Waals surface area (Å²) >= 11 is 1.29. The maximum absolute atomic E-state index is 13.2. The van der Waals surface area contributed by atoms with Gasteiger partial charge in [-0.15, -0.1) is 11.3 Å². The van der Waals surface area contributed by atoms with Gasteiger partial charge in [-0.3, -0.25) is 4.79 Å². The Labute approximate surface area is 179 Å². The highest BCUT2D eigenvalue weighted by Crippen LogP contribution is 2.31. The second-order valence-electron chi connectivity index (χ2n) is 6.81. The van der Waals surface area contributed by atoms with E-state index in [4.69, 9.17) is 4.42 Å². The van der Waals surface area contributed by atoms with Gasteiger partial charge in [-0.05, 0) is 50.6 Å². The molecule has 0 aliphatic carbocycles. The maximum atomic E-state index is 13.2. The van der Waals surface area contributed by atoms with Crippen LogP contribution in [-0.2, 0) is 21.4 Å². The third-order valence-electron chi connectivity index (χ3n) is 4.64. The number of amides is 1. The van der Waals surface area contributed by atoms with Crippen LogP contribution >= 0.6 is 11.3 Å². The van der Waals surface area contributed by atoms with E-state index >= 15 is 0 Å². The number of nitriles is 1. The Hall–Kier alpha value is -2.93. The lowest BCUT2D eigenvalue weighted by Gasteiger charge is -2.21. The monoisotopic (exact) mass is 443 g/mol. The van der Waals surface area contributed by atoms with Gasteiger partial charge in [-0.2, -0.15) is 9.57 Å². The quantitative estimate of drug-likeness (QED) is 0.595. The SMILES string of the molecule is Cc1ccc(S(=O)(=O)N(CC(=O)Nc2sc(C)c(C)c2C#N)Cc2ccco2)cc1. The van der Waals surface area contributed by atoms with E-state index in [2.05, 4.69) is 11.4 Å². The first-order valence-corrected chi connectivity index (χ1v) is 11.4. The van der Waals surface area contributed by atoms with Gasteiger partial charge in [-0.25, -0.2) is 8.42 Å². The molecule has 1 amide bonds. The van der Waals surface area contributed by atoms with Crippen molar-refractivity contribution in [3.63, 3.8) is 0 Å². The van der Waals surface area contributed by atoms with Crippen molar-refractivity contribution >= 4 is 32.3 Å². The average molecular weight is 444 g/mol.